The second kappa shape index (κ2) is 5.35. The average molecular weight is 127 g/mol. The summed E-state index contributed by atoms with van der Waals surface area (Å²) in [6.07, 6.45) is 5.85. The summed E-state index contributed by atoms with van der Waals surface area (Å²) < 4.78 is 0. The maximum atomic E-state index is 8.20. The minimum atomic E-state index is 0.785. The molecule has 0 radical (unpaired) electrons. The molecule has 0 rings (SSSR count). The summed E-state index contributed by atoms with van der Waals surface area (Å²) in [4.78, 5) is 0. The van der Waals surface area contributed by atoms with Gasteiger partial charge in [-0.15, -0.1) is 0 Å². The third-order valence-electron chi connectivity index (χ3n) is 1.08. The summed E-state index contributed by atoms with van der Waals surface area (Å²) in [6.45, 7) is 3.79. The van der Waals surface area contributed by atoms with Gasteiger partial charge in [-0.3, -0.25) is 0 Å². The second-order valence-electron chi connectivity index (χ2n) is 1.94. The molecule has 0 saturated carbocycles. The Hall–Kier alpha value is -0.790. The predicted molar refractivity (Wildman–Crippen MR) is 38.9 cm³/mol. The number of oxime groups is 1. The summed E-state index contributed by atoms with van der Waals surface area (Å²) >= 11 is 0. The van der Waals surface area contributed by atoms with Crippen LogP contribution in [0.4, 0.5) is 0 Å². The van der Waals surface area contributed by atoms with Crippen LogP contribution in [0.1, 0.15) is 26.7 Å². The van der Waals surface area contributed by atoms with Gasteiger partial charge in [-0.2, -0.15) is 0 Å². The van der Waals surface area contributed by atoms with Gasteiger partial charge in [0.25, 0.3) is 0 Å². The molecule has 0 heterocycles. The molecule has 0 saturated heterocycles. The molecule has 2 nitrogen and oxygen atoms in total. The minimum absolute atomic E-state index is 0.785. The molecule has 0 fully saturated rings. The van der Waals surface area contributed by atoms with Gasteiger partial charge in [0.2, 0.25) is 0 Å². The molecule has 1 N–H and O–H groups in total. The van der Waals surface area contributed by atoms with Crippen molar-refractivity contribution in [2.75, 3.05) is 0 Å². The summed E-state index contributed by atoms with van der Waals surface area (Å²) in [5.41, 5.74) is 0.785. The molecule has 9 heavy (non-hydrogen) atoms. The van der Waals surface area contributed by atoms with Crippen molar-refractivity contribution >= 4 is 5.71 Å². The first-order valence-corrected chi connectivity index (χ1v) is 3.10. The smallest absolute Gasteiger partial charge is 0.0543 e. The molecular weight excluding hydrogens is 114 g/mol. The third-order valence-corrected chi connectivity index (χ3v) is 1.08. The molecule has 0 aliphatic rings. The van der Waals surface area contributed by atoms with Crippen molar-refractivity contribution < 1.29 is 5.21 Å². The molecule has 0 aromatic carbocycles. The SMILES string of the molecule is CC=CCCC(C)=NO. The molecule has 0 aliphatic heterocycles. The number of rotatable bonds is 3. The number of nitrogens with zero attached hydrogens (tertiary/aromatic N) is 1. The van der Waals surface area contributed by atoms with Crippen molar-refractivity contribution in [2.24, 2.45) is 5.16 Å². The van der Waals surface area contributed by atoms with E-state index in [0.29, 0.717) is 0 Å². The second-order valence-corrected chi connectivity index (χ2v) is 1.94. The first kappa shape index (κ1) is 8.21. The highest BCUT2D eigenvalue weighted by Gasteiger charge is 1.86. The van der Waals surface area contributed by atoms with E-state index in [1.807, 2.05) is 19.9 Å². The minimum Gasteiger partial charge on any atom is -0.411 e. The molecule has 0 unspecified atom stereocenters. The average Bonchev–Trinajstić information content (AvgIpc) is 1.89. The van der Waals surface area contributed by atoms with Crippen molar-refractivity contribution in [3.63, 3.8) is 0 Å². The molecule has 0 amide bonds. The standard InChI is InChI=1S/C7H13NO/c1-3-4-5-6-7(2)8-9/h3-4,9H,5-6H2,1-2H3. The Morgan fingerprint density at radius 2 is 2.33 bits per heavy atom. The third kappa shape index (κ3) is 5.07. The van der Waals surface area contributed by atoms with Crippen LogP contribution in [0, 0.1) is 0 Å². The highest BCUT2D eigenvalue weighted by Crippen LogP contribution is 1.92. The van der Waals surface area contributed by atoms with Crippen molar-refractivity contribution in [1.29, 1.82) is 0 Å². The van der Waals surface area contributed by atoms with Gasteiger partial charge in [-0.05, 0) is 26.7 Å². The molecule has 52 valence electrons. The largest absolute Gasteiger partial charge is 0.411 e. The molecule has 0 spiro atoms. The zero-order valence-electron chi connectivity index (χ0n) is 5.96. The van der Waals surface area contributed by atoms with E-state index in [4.69, 9.17) is 5.21 Å². The zero-order chi connectivity index (χ0) is 7.11. The Kier molecular flexibility index (Phi) is 4.88. The molecule has 0 atom stereocenters. The Labute approximate surface area is 55.9 Å². The highest BCUT2D eigenvalue weighted by molar-refractivity contribution is 5.81. The van der Waals surface area contributed by atoms with E-state index in [-0.39, 0.29) is 0 Å². The lowest BCUT2D eigenvalue weighted by Gasteiger charge is -1.90. The van der Waals surface area contributed by atoms with Crippen molar-refractivity contribution in [1.82, 2.24) is 0 Å². The lowest BCUT2D eigenvalue weighted by atomic mass is 10.2. The summed E-state index contributed by atoms with van der Waals surface area (Å²) in [5, 5.41) is 11.2. The van der Waals surface area contributed by atoms with E-state index in [9.17, 15) is 0 Å². The Bertz CT molecular complexity index is 116. The topological polar surface area (TPSA) is 32.6 Å². The van der Waals surface area contributed by atoms with Crippen LogP contribution in [0.5, 0.6) is 0 Å². The predicted octanol–water partition coefficient (Wildman–Crippen LogP) is 2.19. The van der Waals surface area contributed by atoms with Gasteiger partial charge in [0.05, 0.1) is 5.71 Å². The fourth-order valence-electron chi connectivity index (χ4n) is 0.509. The van der Waals surface area contributed by atoms with Crippen molar-refractivity contribution in [2.45, 2.75) is 26.7 Å². The molecule has 0 aromatic rings. The van der Waals surface area contributed by atoms with E-state index >= 15 is 0 Å². The van der Waals surface area contributed by atoms with Crippen LogP contribution in [0.15, 0.2) is 17.3 Å². The molecule has 2 heteroatoms. The fourth-order valence-corrected chi connectivity index (χ4v) is 0.509. The van der Waals surface area contributed by atoms with Crippen LogP contribution < -0.4 is 0 Å². The van der Waals surface area contributed by atoms with E-state index < -0.39 is 0 Å². The molecule has 0 aliphatic carbocycles. The number of hydrogen-bond donors (Lipinski definition) is 1. The van der Waals surface area contributed by atoms with Crippen LogP contribution in [0.3, 0.4) is 0 Å². The Morgan fingerprint density at radius 1 is 1.67 bits per heavy atom. The van der Waals surface area contributed by atoms with Gasteiger partial charge in [0.15, 0.2) is 0 Å². The quantitative estimate of drug-likeness (QED) is 0.268. The maximum Gasteiger partial charge on any atom is 0.0543 e. The first-order chi connectivity index (χ1) is 4.31. The van der Waals surface area contributed by atoms with Gasteiger partial charge < -0.3 is 5.21 Å². The van der Waals surface area contributed by atoms with Gasteiger partial charge >= 0.3 is 0 Å². The number of allylic oxidation sites excluding steroid dienone is 2. The van der Waals surface area contributed by atoms with Crippen LogP contribution in [0.2, 0.25) is 0 Å². The zero-order valence-corrected chi connectivity index (χ0v) is 5.96. The highest BCUT2D eigenvalue weighted by atomic mass is 16.4. The fraction of sp³-hybridized carbons (Fsp3) is 0.571. The number of hydrogen-bond acceptors (Lipinski definition) is 2. The molecule has 0 aromatic heterocycles. The monoisotopic (exact) mass is 127 g/mol. The van der Waals surface area contributed by atoms with Crippen LogP contribution in [-0.4, -0.2) is 10.9 Å². The Morgan fingerprint density at radius 3 is 2.78 bits per heavy atom. The van der Waals surface area contributed by atoms with Crippen molar-refractivity contribution in [3.05, 3.63) is 12.2 Å². The van der Waals surface area contributed by atoms with Crippen LogP contribution in [-0.2, 0) is 0 Å². The van der Waals surface area contributed by atoms with E-state index in [0.717, 1.165) is 18.6 Å². The van der Waals surface area contributed by atoms with E-state index in [1.165, 1.54) is 0 Å². The van der Waals surface area contributed by atoms with Gasteiger partial charge in [-0.1, -0.05) is 17.3 Å². The summed E-state index contributed by atoms with van der Waals surface area (Å²) in [6, 6.07) is 0. The van der Waals surface area contributed by atoms with Gasteiger partial charge in [-0.25, -0.2) is 0 Å². The van der Waals surface area contributed by atoms with Gasteiger partial charge in [0, 0.05) is 0 Å². The molecular formula is C7H13NO. The lowest BCUT2D eigenvalue weighted by Crippen LogP contribution is -1.88. The summed E-state index contributed by atoms with van der Waals surface area (Å²) in [5.74, 6) is 0. The Balaban J connectivity index is 3.28. The van der Waals surface area contributed by atoms with Crippen LogP contribution >= 0.6 is 0 Å². The van der Waals surface area contributed by atoms with Crippen molar-refractivity contribution in [3.8, 4) is 0 Å². The van der Waals surface area contributed by atoms with Gasteiger partial charge in [0.1, 0.15) is 0 Å². The first-order valence-electron chi connectivity index (χ1n) is 3.10. The van der Waals surface area contributed by atoms with E-state index in [1.54, 1.807) is 0 Å². The van der Waals surface area contributed by atoms with E-state index in [2.05, 4.69) is 11.2 Å². The summed E-state index contributed by atoms with van der Waals surface area (Å²) in [7, 11) is 0. The van der Waals surface area contributed by atoms with Crippen LogP contribution in [0.25, 0.3) is 0 Å². The molecule has 0 bridgehead atoms. The lowest BCUT2D eigenvalue weighted by molar-refractivity contribution is 0.317. The maximum absolute atomic E-state index is 8.20. The normalized spacial score (nSPS) is 12.9.